The van der Waals surface area contributed by atoms with Crippen molar-refractivity contribution in [3.05, 3.63) is 0 Å². The van der Waals surface area contributed by atoms with Crippen LogP contribution in [0.2, 0.25) is 0 Å². The lowest BCUT2D eigenvalue weighted by Crippen LogP contribution is -2.58. The summed E-state index contributed by atoms with van der Waals surface area (Å²) in [7, 11) is -4.05. The van der Waals surface area contributed by atoms with Crippen molar-refractivity contribution in [1.29, 1.82) is 0 Å². The first-order valence-corrected chi connectivity index (χ1v) is 16.9. The van der Waals surface area contributed by atoms with E-state index in [1.807, 2.05) is 0 Å². The first kappa shape index (κ1) is 29.3. The molecule has 0 aliphatic heterocycles. The zero-order valence-corrected chi connectivity index (χ0v) is 24.6. The van der Waals surface area contributed by atoms with Crippen molar-refractivity contribution in [2.75, 3.05) is 12.3 Å². The molecule has 37 heavy (non-hydrogen) atoms. The first-order chi connectivity index (χ1) is 17.4. The maximum Gasteiger partial charge on any atom is 0.266 e. The summed E-state index contributed by atoms with van der Waals surface area (Å²) in [4.78, 5) is 12.3. The fourth-order valence-electron chi connectivity index (χ4n) is 10.0. The van der Waals surface area contributed by atoms with E-state index < -0.39 is 15.9 Å². The molecule has 0 saturated heterocycles. The van der Waals surface area contributed by atoms with Crippen LogP contribution in [0.5, 0.6) is 0 Å². The van der Waals surface area contributed by atoms with Crippen LogP contribution in [-0.2, 0) is 14.9 Å². The Balaban J connectivity index is 1.37. The number of aliphatic hydroxyl groups excluding tert-OH is 1. The van der Waals surface area contributed by atoms with Gasteiger partial charge in [-0.15, -0.1) is 0 Å². The Bertz CT molecular complexity index is 908. The van der Waals surface area contributed by atoms with Crippen molar-refractivity contribution in [2.24, 2.45) is 52.3 Å². The second kappa shape index (κ2) is 11.4. The summed E-state index contributed by atoms with van der Waals surface area (Å²) < 4.78 is 30.6. The van der Waals surface area contributed by atoms with Gasteiger partial charge < -0.3 is 10.4 Å². The van der Waals surface area contributed by atoms with Crippen molar-refractivity contribution >= 4 is 16.0 Å². The number of fused-ring (bicyclic) bond motifs is 5. The third kappa shape index (κ3) is 6.09. The molecule has 0 aromatic rings. The topological polar surface area (TPSA) is 104 Å². The number of hydrogen-bond donors (Lipinski definition) is 3. The molecule has 0 spiro atoms. The number of aliphatic hydroxyl groups is 1. The van der Waals surface area contributed by atoms with Crippen LogP contribution in [0.4, 0.5) is 0 Å². The molecule has 0 aromatic carbocycles. The number of nitrogens with one attached hydrogen (secondary N) is 1. The largest absolute Gasteiger partial charge is 0.393 e. The number of hydrogen-bond acceptors (Lipinski definition) is 4. The van der Waals surface area contributed by atoms with Crippen LogP contribution in [0.25, 0.3) is 0 Å². The van der Waals surface area contributed by atoms with E-state index in [0.29, 0.717) is 47.3 Å². The standard InChI is InChI=1S/C30H53NO5S/c1-5-6-7-21-12-14-29(3)22(18-21)19-26(32)28-24-10-9-23(30(24,4)15-13-25(28)29)20(2)8-11-27(33)31-16-17-37(34,35)36/h20-26,28,32H,5-19H2,1-4H3,(H,31,33)(H,34,35,36)/t20-,21?,22?,23+,24+,25?,26-,28-,29-,30+/m0/s1. The van der Waals surface area contributed by atoms with Gasteiger partial charge in [0.25, 0.3) is 10.1 Å². The van der Waals surface area contributed by atoms with Crippen molar-refractivity contribution in [3.63, 3.8) is 0 Å². The van der Waals surface area contributed by atoms with Crippen LogP contribution in [0.1, 0.15) is 111 Å². The molecule has 0 bridgehead atoms. The van der Waals surface area contributed by atoms with E-state index in [0.717, 1.165) is 18.8 Å². The van der Waals surface area contributed by atoms with Gasteiger partial charge >= 0.3 is 0 Å². The van der Waals surface area contributed by atoms with E-state index in [9.17, 15) is 18.3 Å². The molecule has 4 saturated carbocycles. The minimum absolute atomic E-state index is 0.0463. The monoisotopic (exact) mass is 539 g/mol. The minimum Gasteiger partial charge on any atom is -0.393 e. The zero-order valence-electron chi connectivity index (χ0n) is 23.8. The van der Waals surface area contributed by atoms with Gasteiger partial charge in [0.05, 0.1) is 11.9 Å². The SMILES string of the molecule is CCCCC1CC[C@@]2(C)C(C1)C[C@H](O)[C@@H]1C2CC[C@@]2(C)[C@@H]1CC[C@@H]2[C@@H](C)CCC(=O)NCCS(=O)(=O)O. The summed E-state index contributed by atoms with van der Waals surface area (Å²) in [5.41, 5.74) is 0.613. The fraction of sp³-hybridized carbons (Fsp3) is 0.967. The van der Waals surface area contributed by atoms with Crippen LogP contribution in [0, 0.1) is 52.3 Å². The third-order valence-corrected chi connectivity index (χ3v) is 12.7. The molecule has 0 heterocycles. The molecule has 0 radical (unpaired) electrons. The van der Waals surface area contributed by atoms with Crippen LogP contribution in [-0.4, -0.2) is 42.4 Å². The Labute approximate surface area is 225 Å². The molecule has 0 aromatic heterocycles. The van der Waals surface area contributed by atoms with E-state index in [4.69, 9.17) is 4.55 Å². The van der Waals surface area contributed by atoms with Crippen molar-refractivity contribution in [1.82, 2.24) is 5.32 Å². The molecular formula is C30H53NO5S. The summed E-state index contributed by atoms with van der Waals surface area (Å²) >= 11 is 0. The molecule has 1 amide bonds. The summed E-state index contributed by atoms with van der Waals surface area (Å²) in [6, 6.07) is 0. The minimum atomic E-state index is -4.05. The smallest absolute Gasteiger partial charge is 0.266 e. The normalized spacial score (nSPS) is 42.4. The van der Waals surface area contributed by atoms with E-state index in [1.165, 1.54) is 64.2 Å². The maximum atomic E-state index is 12.3. The average Bonchev–Trinajstić information content (AvgIpc) is 3.18. The summed E-state index contributed by atoms with van der Waals surface area (Å²) in [5.74, 6) is 3.58. The van der Waals surface area contributed by atoms with E-state index in [2.05, 4.69) is 33.0 Å². The average molecular weight is 540 g/mol. The van der Waals surface area contributed by atoms with Gasteiger partial charge in [-0.3, -0.25) is 9.35 Å². The van der Waals surface area contributed by atoms with Gasteiger partial charge in [-0.05, 0) is 110 Å². The molecule has 214 valence electrons. The molecule has 6 nitrogen and oxygen atoms in total. The van der Waals surface area contributed by atoms with Gasteiger partial charge in [-0.1, -0.05) is 47.0 Å². The van der Waals surface area contributed by atoms with Gasteiger partial charge in [-0.25, -0.2) is 0 Å². The van der Waals surface area contributed by atoms with Crippen LogP contribution in [0.15, 0.2) is 0 Å². The van der Waals surface area contributed by atoms with E-state index in [1.54, 1.807) is 0 Å². The third-order valence-electron chi connectivity index (χ3n) is 12.0. The number of carbonyl (C=O) groups is 1. The van der Waals surface area contributed by atoms with Gasteiger partial charge in [0.15, 0.2) is 0 Å². The Morgan fingerprint density at radius 2 is 1.76 bits per heavy atom. The highest BCUT2D eigenvalue weighted by Crippen LogP contribution is 2.68. The van der Waals surface area contributed by atoms with Crippen molar-refractivity contribution in [3.8, 4) is 0 Å². The molecule has 4 rings (SSSR count). The molecule has 10 atom stereocenters. The predicted octanol–water partition coefficient (Wildman–Crippen LogP) is 5.84. The first-order valence-electron chi connectivity index (χ1n) is 15.3. The predicted molar refractivity (Wildman–Crippen MR) is 147 cm³/mol. The van der Waals surface area contributed by atoms with E-state index in [-0.39, 0.29) is 24.0 Å². The van der Waals surface area contributed by atoms with Gasteiger partial charge in [-0.2, -0.15) is 8.42 Å². The summed E-state index contributed by atoms with van der Waals surface area (Å²) in [6.45, 7) is 9.59. The number of rotatable bonds is 10. The highest BCUT2D eigenvalue weighted by atomic mass is 32.2. The molecular weight excluding hydrogens is 486 g/mol. The van der Waals surface area contributed by atoms with Crippen LogP contribution >= 0.6 is 0 Å². The van der Waals surface area contributed by atoms with Gasteiger partial charge in [0, 0.05) is 13.0 Å². The Hall–Kier alpha value is -0.660. The Morgan fingerprint density at radius 3 is 2.46 bits per heavy atom. The van der Waals surface area contributed by atoms with Crippen molar-refractivity contribution < 1.29 is 22.9 Å². The highest BCUT2D eigenvalue weighted by Gasteiger charge is 2.62. The second-order valence-corrected chi connectivity index (χ2v) is 15.5. The van der Waals surface area contributed by atoms with Crippen molar-refractivity contribution in [2.45, 2.75) is 117 Å². The summed E-state index contributed by atoms with van der Waals surface area (Å²) in [5, 5.41) is 14.2. The molecule has 4 aliphatic rings. The lowest BCUT2D eigenvalue weighted by Gasteiger charge is -2.62. The lowest BCUT2D eigenvalue weighted by molar-refractivity contribution is -0.169. The molecule has 3 N–H and O–H groups in total. The van der Waals surface area contributed by atoms with E-state index >= 15 is 0 Å². The zero-order chi connectivity index (χ0) is 27.0. The molecule has 4 fully saturated rings. The molecule has 7 heteroatoms. The quantitative estimate of drug-likeness (QED) is 0.303. The summed E-state index contributed by atoms with van der Waals surface area (Å²) in [6.07, 6.45) is 14.9. The number of amides is 1. The van der Waals surface area contributed by atoms with Crippen LogP contribution in [0.3, 0.4) is 0 Å². The maximum absolute atomic E-state index is 12.3. The van der Waals surface area contributed by atoms with Crippen LogP contribution < -0.4 is 5.32 Å². The highest BCUT2D eigenvalue weighted by molar-refractivity contribution is 7.85. The number of unbranched alkanes of at least 4 members (excludes halogenated alkanes) is 1. The van der Waals surface area contributed by atoms with Gasteiger partial charge in [0.2, 0.25) is 5.91 Å². The Kier molecular flexibility index (Phi) is 9.07. The fourth-order valence-corrected chi connectivity index (χ4v) is 10.4. The second-order valence-electron chi connectivity index (χ2n) is 14.0. The number of carbonyl (C=O) groups excluding carboxylic acids is 1. The molecule has 3 unspecified atom stereocenters. The molecule has 4 aliphatic carbocycles. The van der Waals surface area contributed by atoms with Gasteiger partial charge in [0.1, 0.15) is 0 Å². The Morgan fingerprint density at radius 1 is 1.05 bits per heavy atom. The lowest BCUT2D eigenvalue weighted by atomic mass is 9.43.